The Morgan fingerprint density at radius 2 is 1.83 bits per heavy atom. The first-order valence-corrected chi connectivity index (χ1v) is 14.6. The van der Waals surface area contributed by atoms with Gasteiger partial charge in [-0.2, -0.15) is 0 Å². The first kappa shape index (κ1) is 21.6. The second kappa shape index (κ2) is 7.31. The maximum atomic E-state index is 15.0. The highest BCUT2D eigenvalue weighted by Gasteiger charge is 2.80. The Balaban J connectivity index is 1.47. The smallest absolute Gasteiger partial charge is 0.172 e. The first-order chi connectivity index (χ1) is 17.6. The van der Waals surface area contributed by atoms with Gasteiger partial charge in [0.25, 0.3) is 0 Å². The number of rotatable bonds is 1. The molecule has 2 aliphatic heterocycles. The fraction of sp³-hybridized carbons (Fsp3) is 0.290. The molecule has 4 aliphatic carbocycles. The van der Waals surface area contributed by atoms with E-state index in [1.54, 1.807) is 0 Å². The Morgan fingerprint density at radius 1 is 1.00 bits per heavy atom. The summed E-state index contributed by atoms with van der Waals surface area (Å²) in [5, 5.41) is 0. The lowest BCUT2D eigenvalue weighted by atomic mass is 9.57. The molecule has 3 fully saturated rings. The van der Waals surface area contributed by atoms with E-state index in [2.05, 4.69) is 81.5 Å². The van der Waals surface area contributed by atoms with Crippen LogP contribution in [-0.4, -0.2) is 39.7 Å². The Bertz CT molecular complexity index is 1490. The van der Waals surface area contributed by atoms with E-state index in [1.807, 2.05) is 36.0 Å². The van der Waals surface area contributed by atoms with Crippen LogP contribution in [0.25, 0.3) is 0 Å². The zero-order chi connectivity index (χ0) is 24.2. The van der Waals surface area contributed by atoms with Gasteiger partial charge in [-0.25, -0.2) is 0 Å². The third kappa shape index (κ3) is 2.32. The highest BCUT2D eigenvalue weighted by molar-refractivity contribution is 9.10. The van der Waals surface area contributed by atoms with Gasteiger partial charge in [0.05, 0.1) is 5.41 Å². The molecule has 6 unspecified atom stereocenters. The highest BCUT2D eigenvalue weighted by atomic mass is 79.9. The van der Waals surface area contributed by atoms with Gasteiger partial charge in [-0.15, -0.1) is 11.8 Å². The Kier molecular flexibility index (Phi) is 4.38. The minimum atomic E-state index is -0.942. The van der Waals surface area contributed by atoms with E-state index >= 15 is 0 Å². The van der Waals surface area contributed by atoms with E-state index in [0.29, 0.717) is 6.42 Å². The van der Waals surface area contributed by atoms with Crippen LogP contribution in [0.1, 0.15) is 27.4 Å². The average Bonchev–Trinajstić information content (AvgIpc) is 3.61. The van der Waals surface area contributed by atoms with Crippen LogP contribution in [0.4, 0.5) is 0 Å². The summed E-state index contributed by atoms with van der Waals surface area (Å²) in [7, 11) is 0. The fourth-order valence-electron chi connectivity index (χ4n) is 8.49. The van der Waals surface area contributed by atoms with Gasteiger partial charge >= 0.3 is 0 Å². The predicted molar refractivity (Wildman–Crippen MR) is 146 cm³/mol. The number of carbonyl (C=O) groups is 2. The number of benzene rings is 2. The molecule has 8 rings (SSSR count). The summed E-state index contributed by atoms with van der Waals surface area (Å²) < 4.78 is 1.02. The third-order valence-electron chi connectivity index (χ3n) is 9.58. The van der Waals surface area contributed by atoms with Crippen molar-refractivity contribution in [3.05, 3.63) is 117 Å². The molecular formula is C31H24BrNO2S. The van der Waals surface area contributed by atoms with Crippen LogP contribution < -0.4 is 0 Å². The summed E-state index contributed by atoms with van der Waals surface area (Å²) in [4.78, 5) is 32.3. The lowest BCUT2D eigenvalue weighted by Crippen LogP contribution is -2.61. The normalized spacial score (nSPS) is 37.5. The van der Waals surface area contributed by atoms with Crippen molar-refractivity contribution in [3.63, 3.8) is 0 Å². The van der Waals surface area contributed by atoms with Gasteiger partial charge in [-0.1, -0.05) is 88.8 Å². The Hall–Kier alpha value is -2.47. The molecule has 0 radical (unpaired) electrons. The molecule has 3 nitrogen and oxygen atoms in total. The summed E-state index contributed by atoms with van der Waals surface area (Å²) in [6.45, 7) is 0. The average molecular weight is 555 g/mol. The van der Waals surface area contributed by atoms with Crippen molar-refractivity contribution in [2.75, 3.05) is 11.6 Å². The number of ketones is 2. The van der Waals surface area contributed by atoms with Crippen molar-refractivity contribution in [1.29, 1.82) is 0 Å². The maximum Gasteiger partial charge on any atom is 0.172 e. The molecule has 0 amide bonds. The monoisotopic (exact) mass is 553 g/mol. The molecule has 6 aliphatic rings. The number of halogens is 1. The van der Waals surface area contributed by atoms with Gasteiger partial charge < -0.3 is 0 Å². The number of nitrogens with zero attached hydrogens (tertiary/aromatic N) is 1. The van der Waals surface area contributed by atoms with E-state index in [4.69, 9.17) is 0 Å². The Morgan fingerprint density at radius 3 is 2.67 bits per heavy atom. The summed E-state index contributed by atoms with van der Waals surface area (Å²) in [5.74, 6) is 1.82. The van der Waals surface area contributed by atoms with Gasteiger partial charge in [0.1, 0.15) is 5.54 Å². The minimum Gasteiger partial charge on any atom is -0.296 e. The predicted octanol–water partition coefficient (Wildman–Crippen LogP) is 5.89. The molecule has 178 valence electrons. The van der Waals surface area contributed by atoms with Gasteiger partial charge in [-0.3, -0.25) is 14.5 Å². The number of carbonyl (C=O) groups excluding carboxylic acids is 2. The molecule has 0 aromatic heterocycles. The molecule has 36 heavy (non-hydrogen) atoms. The molecule has 2 heterocycles. The molecule has 2 aromatic rings. The summed E-state index contributed by atoms with van der Waals surface area (Å²) in [6.07, 6.45) is 13.3. The number of allylic oxidation sites excluding steroid dienone is 7. The number of Topliss-reactive ketones (excluding diaryl/α,β-unsaturated/α-hetero) is 2. The maximum absolute atomic E-state index is 15.0. The molecule has 6 atom stereocenters. The van der Waals surface area contributed by atoms with E-state index in [9.17, 15) is 9.59 Å². The molecule has 5 heteroatoms. The first-order valence-electron chi connectivity index (χ1n) is 12.6. The van der Waals surface area contributed by atoms with Crippen molar-refractivity contribution >= 4 is 39.3 Å². The van der Waals surface area contributed by atoms with Crippen molar-refractivity contribution in [3.8, 4) is 0 Å². The number of hydrogen-bond acceptors (Lipinski definition) is 4. The molecule has 2 saturated heterocycles. The van der Waals surface area contributed by atoms with Gasteiger partial charge in [0.2, 0.25) is 0 Å². The van der Waals surface area contributed by atoms with Crippen LogP contribution in [0.3, 0.4) is 0 Å². The van der Waals surface area contributed by atoms with Crippen LogP contribution >= 0.6 is 27.7 Å². The van der Waals surface area contributed by atoms with E-state index in [0.717, 1.165) is 38.4 Å². The molecular weight excluding hydrogens is 530 g/mol. The van der Waals surface area contributed by atoms with E-state index < -0.39 is 11.0 Å². The number of fused-ring (bicyclic) bond motifs is 5. The summed E-state index contributed by atoms with van der Waals surface area (Å²) >= 11 is 5.50. The van der Waals surface area contributed by atoms with Gasteiger partial charge in [-0.05, 0) is 40.8 Å². The molecule has 2 spiro atoms. The van der Waals surface area contributed by atoms with Gasteiger partial charge in [0.15, 0.2) is 11.6 Å². The molecule has 2 aromatic carbocycles. The topological polar surface area (TPSA) is 37.4 Å². The standard InChI is InChI=1S/C31H24BrNO2S/c32-21-13-11-19(12-14-21)27-25-16-36-17-33(25)31(30(27)15-20-5-1-2-8-22(20)28(30)34)24-10-4-7-18-6-3-9-23(26(18)24)29(31)35/h1-14,23,25-27H,15-17H2. The second-order valence-electron chi connectivity index (χ2n) is 10.8. The van der Waals surface area contributed by atoms with Crippen LogP contribution in [0.5, 0.6) is 0 Å². The zero-order valence-corrected chi connectivity index (χ0v) is 22.0. The van der Waals surface area contributed by atoms with E-state index in [1.165, 1.54) is 5.57 Å². The zero-order valence-electron chi connectivity index (χ0n) is 19.6. The van der Waals surface area contributed by atoms with Crippen molar-refractivity contribution in [2.24, 2.45) is 17.3 Å². The van der Waals surface area contributed by atoms with Crippen molar-refractivity contribution in [2.45, 2.75) is 23.9 Å². The quantitative estimate of drug-likeness (QED) is 0.441. The van der Waals surface area contributed by atoms with Crippen molar-refractivity contribution in [1.82, 2.24) is 4.90 Å². The SMILES string of the molecule is O=C1c2ccccc2CC12C(c1ccc(Br)cc1)C1CSCN1C21C(=O)C2C=CC=C3C=CC=C1C32. The summed E-state index contributed by atoms with van der Waals surface area (Å²) in [6, 6.07) is 16.7. The fourth-order valence-corrected chi connectivity index (χ4v) is 10.1. The minimum absolute atomic E-state index is 0.0239. The highest BCUT2D eigenvalue weighted by Crippen LogP contribution is 2.71. The summed E-state index contributed by atoms with van der Waals surface area (Å²) in [5.41, 5.74) is 3.58. The number of hydrogen-bond donors (Lipinski definition) is 0. The van der Waals surface area contributed by atoms with Crippen LogP contribution in [-0.2, 0) is 11.2 Å². The molecule has 0 N–H and O–H groups in total. The lowest BCUT2D eigenvalue weighted by Gasteiger charge is -2.46. The largest absolute Gasteiger partial charge is 0.296 e. The number of thioether (sulfide) groups is 1. The van der Waals surface area contributed by atoms with Crippen molar-refractivity contribution < 1.29 is 9.59 Å². The van der Waals surface area contributed by atoms with Gasteiger partial charge in [0, 0.05) is 45.5 Å². The molecule has 1 saturated carbocycles. The van der Waals surface area contributed by atoms with E-state index in [-0.39, 0.29) is 35.4 Å². The lowest BCUT2D eigenvalue weighted by molar-refractivity contribution is -0.131. The Labute approximate surface area is 223 Å². The molecule has 0 bridgehead atoms. The van der Waals surface area contributed by atoms with Crippen LogP contribution in [0.2, 0.25) is 0 Å². The van der Waals surface area contributed by atoms with Crippen LogP contribution in [0, 0.1) is 17.3 Å². The third-order valence-corrected chi connectivity index (χ3v) is 11.1. The second-order valence-corrected chi connectivity index (χ2v) is 12.7. The van der Waals surface area contributed by atoms with Crippen LogP contribution in [0.15, 0.2) is 101 Å².